The lowest BCUT2D eigenvalue weighted by Crippen LogP contribution is -2.37. The first-order valence-electron chi connectivity index (χ1n) is 10.2. The molecule has 0 saturated carbocycles. The molecule has 1 heterocycles. The van der Waals surface area contributed by atoms with Gasteiger partial charge in [0.05, 0.1) is 12.6 Å². The van der Waals surface area contributed by atoms with Gasteiger partial charge in [0.1, 0.15) is 6.29 Å². The monoisotopic (exact) mass is 421 g/mol. The minimum atomic E-state index is -0.587. The largest absolute Gasteiger partial charge is 0.395 e. The number of carbonyl (C=O) groups is 3. The second-order valence-electron chi connectivity index (χ2n) is 7.01. The van der Waals surface area contributed by atoms with E-state index < -0.39 is 6.04 Å². The Labute approximate surface area is 176 Å². The standard InChI is InChI=1S/C21H31N3O4S/c1-22-20(27)9-8-16(15-26)24-14-18-17(21(24)28)6-5-7-19(18)29-13-4-2-3-10-23-11-12-25/h5-7,15-16,23,25H,2-4,8-14H2,1H3,(H,22,27). The van der Waals surface area contributed by atoms with Crippen LogP contribution >= 0.6 is 11.8 Å². The molecule has 0 aromatic heterocycles. The van der Waals surface area contributed by atoms with Crippen molar-refractivity contribution in [3.05, 3.63) is 29.3 Å². The maximum Gasteiger partial charge on any atom is 0.255 e. The Kier molecular flexibility index (Phi) is 10.2. The third-order valence-electron chi connectivity index (χ3n) is 5.00. The van der Waals surface area contributed by atoms with Crippen LogP contribution in [0.5, 0.6) is 0 Å². The molecule has 29 heavy (non-hydrogen) atoms. The Bertz CT molecular complexity index is 699. The van der Waals surface area contributed by atoms with Gasteiger partial charge in [0.15, 0.2) is 0 Å². The topological polar surface area (TPSA) is 98.7 Å². The highest BCUT2D eigenvalue weighted by Gasteiger charge is 2.34. The number of aliphatic hydroxyl groups excluding tert-OH is 1. The SMILES string of the molecule is CNC(=O)CCC(C=O)N1Cc2c(SCCCCCNCCO)cccc2C1=O. The van der Waals surface area contributed by atoms with Crippen molar-refractivity contribution in [1.82, 2.24) is 15.5 Å². The Morgan fingerprint density at radius 1 is 1.31 bits per heavy atom. The highest BCUT2D eigenvalue weighted by molar-refractivity contribution is 7.99. The number of fused-ring (bicyclic) bond motifs is 1. The minimum Gasteiger partial charge on any atom is -0.395 e. The van der Waals surface area contributed by atoms with E-state index in [1.165, 1.54) is 0 Å². The average Bonchev–Trinajstić information content (AvgIpc) is 3.07. The first-order valence-corrected chi connectivity index (χ1v) is 11.1. The summed E-state index contributed by atoms with van der Waals surface area (Å²) in [7, 11) is 1.56. The van der Waals surface area contributed by atoms with Crippen LogP contribution in [0.3, 0.4) is 0 Å². The quantitative estimate of drug-likeness (QED) is 0.240. The molecule has 7 nitrogen and oxygen atoms in total. The van der Waals surface area contributed by atoms with Gasteiger partial charge in [-0.3, -0.25) is 9.59 Å². The zero-order valence-corrected chi connectivity index (χ0v) is 17.8. The van der Waals surface area contributed by atoms with Crippen LogP contribution in [0.2, 0.25) is 0 Å². The molecule has 8 heteroatoms. The van der Waals surface area contributed by atoms with Crippen LogP contribution in [0.4, 0.5) is 0 Å². The summed E-state index contributed by atoms with van der Waals surface area (Å²) in [4.78, 5) is 38.5. The average molecular weight is 422 g/mol. The fourth-order valence-corrected chi connectivity index (χ4v) is 4.44. The normalized spacial score (nSPS) is 14.0. The number of aldehydes is 1. The number of benzene rings is 1. The van der Waals surface area contributed by atoms with Crippen LogP contribution in [0.15, 0.2) is 23.1 Å². The van der Waals surface area contributed by atoms with Crippen LogP contribution in [0, 0.1) is 0 Å². The number of rotatable bonds is 14. The first kappa shape index (κ1) is 23.4. The van der Waals surface area contributed by atoms with Crippen molar-refractivity contribution in [3.63, 3.8) is 0 Å². The van der Waals surface area contributed by atoms with Crippen LogP contribution in [-0.2, 0) is 16.1 Å². The van der Waals surface area contributed by atoms with Crippen LogP contribution in [-0.4, -0.2) is 66.6 Å². The van der Waals surface area contributed by atoms with Gasteiger partial charge in [-0.05, 0) is 49.3 Å². The van der Waals surface area contributed by atoms with Crippen molar-refractivity contribution >= 4 is 29.9 Å². The molecule has 0 radical (unpaired) electrons. The number of hydrogen-bond donors (Lipinski definition) is 3. The molecule has 0 fully saturated rings. The second-order valence-corrected chi connectivity index (χ2v) is 8.15. The molecule has 0 saturated heterocycles. The predicted octanol–water partition coefficient (Wildman–Crippen LogP) is 1.58. The molecule has 2 amide bonds. The molecule has 1 aliphatic rings. The molecule has 160 valence electrons. The number of amides is 2. The van der Waals surface area contributed by atoms with Crippen molar-refractivity contribution in [1.29, 1.82) is 0 Å². The zero-order valence-electron chi connectivity index (χ0n) is 17.0. The number of aliphatic hydroxyl groups is 1. The van der Waals surface area contributed by atoms with E-state index in [0.29, 0.717) is 25.1 Å². The number of unbranched alkanes of at least 4 members (excludes halogenated alkanes) is 2. The number of thioether (sulfide) groups is 1. The molecule has 1 aromatic carbocycles. The van der Waals surface area contributed by atoms with E-state index in [4.69, 9.17) is 5.11 Å². The van der Waals surface area contributed by atoms with Crippen molar-refractivity contribution < 1.29 is 19.5 Å². The lowest BCUT2D eigenvalue weighted by Gasteiger charge is -2.22. The molecule has 0 aliphatic carbocycles. The van der Waals surface area contributed by atoms with Crippen LogP contribution in [0.1, 0.15) is 48.0 Å². The maximum atomic E-state index is 12.8. The maximum absolute atomic E-state index is 12.8. The van der Waals surface area contributed by atoms with Gasteiger partial charge in [-0.25, -0.2) is 0 Å². The Morgan fingerprint density at radius 3 is 2.86 bits per heavy atom. The zero-order chi connectivity index (χ0) is 21.1. The van der Waals surface area contributed by atoms with Crippen LogP contribution < -0.4 is 10.6 Å². The lowest BCUT2D eigenvalue weighted by atomic mass is 10.1. The summed E-state index contributed by atoms with van der Waals surface area (Å²) >= 11 is 1.75. The molecule has 1 unspecified atom stereocenters. The minimum absolute atomic E-state index is 0.133. The molecule has 0 spiro atoms. The molecule has 0 bridgehead atoms. The lowest BCUT2D eigenvalue weighted by molar-refractivity contribution is -0.121. The summed E-state index contributed by atoms with van der Waals surface area (Å²) in [6, 6.07) is 5.15. The van der Waals surface area contributed by atoms with Crippen molar-refractivity contribution in [2.75, 3.05) is 32.5 Å². The summed E-state index contributed by atoms with van der Waals surface area (Å²) in [5.41, 5.74) is 1.65. The highest BCUT2D eigenvalue weighted by Crippen LogP contribution is 2.34. The second kappa shape index (κ2) is 12.6. The first-order chi connectivity index (χ1) is 14.1. The highest BCUT2D eigenvalue weighted by atomic mass is 32.2. The fourth-order valence-electron chi connectivity index (χ4n) is 3.35. The summed E-state index contributed by atoms with van der Waals surface area (Å²) in [6.45, 7) is 2.14. The van der Waals surface area contributed by atoms with Gasteiger partial charge in [-0.2, -0.15) is 0 Å². The summed E-state index contributed by atoms with van der Waals surface area (Å²) in [5, 5.41) is 14.4. The smallest absolute Gasteiger partial charge is 0.255 e. The third kappa shape index (κ3) is 6.83. The van der Waals surface area contributed by atoms with Crippen LogP contribution in [0.25, 0.3) is 0 Å². The van der Waals surface area contributed by atoms with E-state index in [9.17, 15) is 14.4 Å². The number of nitrogens with zero attached hydrogens (tertiary/aromatic N) is 1. The van der Waals surface area contributed by atoms with Gasteiger partial charge in [0, 0.05) is 37.0 Å². The van der Waals surface area contributed by atoms with Gasteiger partial charge in [-0.15, -0.1) is 11.8 Å². The molecule has 1 aliphatic heterocycles. The van der Waals surface area contributed by atoms with E-state index in [1.54, 1.807) is 23.7 Å². The van der Waals surface area contributed by atoms with E-state index >= 15 is 0 Å². The summed E-state index contributed by atoms with van der Waals surface area (Å²) in [6.07, 6.45) is 4.58. The Balaban J connectivity index is 1.88. The summed E-state index contributed by atoms with van der Waals surface area (Å²) < 4.78 is 0. The summed E-state index contributed by atoms with van der Waals surface area (Å²) in [5.74, 6) is 0.702. The molecule has 3 N–H and O–H groups in total. The molecule has 2 rings (SSSR count). The van der Waals surface area contributed by atoms with E-state index in [1.807, 2.05) is 18.2 Å². The Morgan fingerprint density at radius 2 is 2.14 bits per heavy atom. The third-order valence-corrected chi connectivity index (χ3v) is 6.19. The van der Waals surface area contributed by atoms with Gasteiger partial charge in [-0.1, -0.05) is 12.5 Å². The molecule has 1 aromatic rings. The van der Waals surface area contributed by atoms with Gasteiger partial charge in [0.2, 0.25) is 5.91 Å². The molecular formula is C21H31N3O4S. The number of carbonyl (C=O) groups excluding carboxylic acids is 3. The van der Waals surface area contributed by atoms with Gasteiger partial charge >= 0.3 is 0 Å². The predicted molar refractivity (Wildman–Crippen MR) is 114 cm³/mol. The number of nitrogens with one attached hydrogen (secondary N) is 2. The van der Waals surface area contributed by atoms with Gasteiger partial charge < -0.3 is 25.4 Å². The Hall–Kier alpha value is -1.90. The fraction of sp³-hybridized carbons (Fsp3) is 0.571. The van der Waals surface area contributed by atoms with Crippen molar-refractivity contribution in [2.24, 2.45) is 0 Å². The van der Waals surface area contributed by atoms with Gasteiger partial charge in [0.25, 0.3) is 5.91 Å². The number of hydrogen-bond acceptors (Lipinski definition) is 6. The van der Waals surface area contributed by atoms with E-state index in [-0.39, 0.29) is 24.8 Å². The van der Waals surface area contributed by atoms with Crippen molar-refractivity contribution in [2.45, 2.75) is 49.6 Å². The molecular weight excluding hydrogens is 390 g/mol. The van der Waals surface area contributed by atoms with E-state index in [2.05, 4.69) is 10.6 Å². The van der Waals surface area contributed by atoms with Crippen molar-refractivity contribution in [3.8, 4) is 0 Å². The molecule has 1 atom stereocenters. The van der Waals surface area contributed by atoms with E-state index in [0.717, 1.165) is 48.3 Å².